The molecule has 1 atom stereocenters. The average Bonchev–Trinajstić information content (AvgIpc) is 3.21. The van der Waals surface area contributed by atoms with Crippen molar-refractivity contribution < 1.29 is 0 Å². The van der Waals surface area contributed by atoms with Crippen molar-refractivity contribution in [2.45, 2.75) is 45.1 Å². The summed E-state index contributed by atoms with van der Waals surface area (Å²) in [5.74, 6) is 1.89. The predicted molar refractivity (Wildman–Crippen MR) is 82.5 cm³/mol. The van der Waals surface area contributed by atoms with Crippen LogP contribution in [0.4, 0.5) is 0 Å². The standard InChI is InChI=1S/C16H33N3/c1-4-9-17-16(15-5-6-15)13-19(3)12-14-7-10-18(2)11-8-14/h14-17H,4-13H2,1-3H3. The van der Waals surface area contributed by atoms with Gasteiger partial charge < -0.3 is 15.1 Å². The highest BCUT2D eigenvalue weighted by Gasteiger charge is 2.31. The first kappa shape index (κ1) is 15.3. The van der Waals surface area contributed by atoms with Gasteiger partial charge in [-0.05, 0) is 77.7 Å². The maximum Gasteiger partial charge on any atom is 0.0223 e. The van der Waals surface area contributed by atoms with Crippen LogP contribution in [0.5, 0.6) is 0 Å². The fraction of sp³-hybridized carbons (Fsp3) is 1.00. The van der Waals surface area contributed by atoms with E-state index in [9.17, 15) is 0 Å². The molecule has 0 bridgehead atoms. The fourth-order valence-corrected chi connectivity index (χ4v) is 3.30. The molecule has 0 spiro atoms. The van der Waals surface area contributed by atoms with E-state index in [1.807, 2.05) is 0 Å². The lowest BCUT2D eigenvalue weighted by Crippen LogP contribution is -2.44. The van der Waals surface area contributed by atoms with Gasteiger partial charge >= 0.3 is 0 Å². The zero-order valence-electron chi connectivity index (χ0n) is 13.2. The number of piperidine rings is 1. The molecule has 112 valence electrons. The molecule has 1 aliphatic carbocycles. The van der Waals surface area contributed by atoms with E-state index in [2.05, 4.69) is 36.1 Å². The van der Waals surface area contributed by atoms with Crippen molar-refractivity contribution in [3.05, 3.63) is 0 Å². The molecule has 0 aromatic carbocycles. The lowest BCUT2D eigenvalue weighted by atomic mass is 9.96. The third kappa shape index (κ3) is 5.41. The van der Waals surface area contributed by atoms with Gasteiger partial charge in [0, 0.05) is 19.1 Å². The third-order valence-electron chi connectivity index (χ3n) is 4.76. The summed E-state index contributed by atoms with van der Waals surface area (Å²) in [5.41, 5.74) is 0. The molecule has 1 N–H and O–H groups in total. The molecule has 1 saturated carbocycles. The lowest BCUT2D eigenvalue weighted by Gasteiger charge is -2.33. The molecule has 2 fully saturated rings. The molecule has 19 heavy (non-hydrogen) atoms. The zero-order chi connectivity index (χ0) is 13.7. The molecule has 1 saturated heterocycles. The van der Waals surface area contributed by atoms with Crippen LogP contribution in [0.15, 0.2) is 0 Å². The molecule has 0 radical (unpaired) electrons. The molecule has 0 aromatic rings. The summed E-state index contributed by atoms with van der Waals surface area (Å²) < 4.78 is 0. The number of nitrogens with one attached hydrogen (secondary N) is 1. The van der Waals surface area contributed by atoms with Gasteiger partial charge in [-0.3, -0.25) is 0 Å². The highest BCUT2D eigenvalue weighted by Crippen LogP contribution is 2.33. The summed E-state index contributed by atoms with van der Waals surface area (Å²) >= 11 is 0. The summed E-state index contributed by atoms with van der Waals surface area (Å²) in [7, 11) is 4.57. The van der Waals surface area contributed by atoms with Gasteiger partial charge in [0.15, 0.2) is 0 Å². The molecule has 2 rings (SSSR count). The van der Waals surface area contributed by atoms with Crippen LogP contribution in [-0.2, 0) is 0 Å². The van der Waals surface area contributed by atoms with Crippen molar-refractivity contribution in [3.8, 4) is 0 Å². The normalized spacial score (nSPS) is 24.0. The molecule has 0 amide bonds. The lowest BCUT2D eigenvalue weighted by molar-refractivity contribution is 0.166. The Bertz CT molecular complexity index is 244. The number of likely N-dealkylation sites (N-methyl/N-ethyl adjacent to an activating group) is 1. The van der Waals surface area contributed by atoms with Gasteiger partial charge in [0.05, 0.1) is 0 Å². The molecule has 0 aromatic heterocycles. The van der Waals surface area contributed by atoms with Gasteiger partial charge in [-0.25, -0.2) is 0 Å². The maximum absolute atomic E-state index is 3.76. The van der Waals surface area contributed by atoms with Crippen LogP contribution in [0.25, 0.3) is 0 Å². The Labute approximate surface area is 119 Å². The summed E-state index contributed by atoms with van der Waals surface area (Å²) in [6, 6.07) is 0.746. The Balaban J connectivity index is 1.68. The van der Waals surface area contributed by atoms with E-state index in [0.717, 1.165) is 17.9 Å². The fourth-order valence-electron chi connectivity index (χ4n) is 3.30. The molecule has 3 nitrogen and oxygen atoms in total. The minimum absolute atomic E-state index is 0.746. The second-order valence-corrected chi connectivity index (χ2v) is 6.87. The van der Waals surface area contributed by atoms with E-state index < -0.39 is 0 Å². The molecule has 2 aliphatic rings. The highest BCUT2D eigenvalue weighted by atomic mass is 15.1. The second-order valence-electron chi connectivity index (χ2n) is 6.87. The van der Waals surface area contributed by atoms with Crippen LogP contribution < -0.4 is 5.32 Å². The Morgan fingerprint density at radius 3 is 2.47 bits per heavy atom. The Morgan fingerprint density at radius 2 is 1.89 bits per heavy atom. The van der Waals surface area contributed by atoms with Crippen LogP contribution in [0, 0.1) is 11.8 Å². The topological polar surface area (TPSA) is 18.5 Å². The molecule has 1 unspecified atom stereocenters. The molecular weight excluding hydrogens is 234 g/mol. The predicted octanol–water partition coefficient (Wildman–Crippen LogP) is 2.04. The maximum atomic E-state index is 3.76. The number of likely N-dealkylation sites (tertiary alicyclic amines) is 1. The first-order valence-electron chi connectivity index (χ1n) is 8.29. The van der Waals surface area contributed by atoms with Crippen molar-refractivity contribution in [1.29, 1.82) is 0 Å². The largest absolute Gasteiger partial charge is 0.312 e. The van der Waals surface area contributed by atoms with Crippen molar-refractivity contribution in [1.82, 2.24) is 15.1 Å². The molecular formula is C16H33N3. The van der Waals surface area contributed by atoms with Gasteiger partial charge in [0.2, 0.25) is 0 Å². The smallest absolute Gasteiger partial charge is 0.0223 e. The second kappa shape index (κ2) is 7.61. The van der Waals surface area contributed by atoms with Crippen LogP contribution in [0.3, 0.4) is 0 Å². The van der Waals surface area contributed by atoms with E-state index in [1.54, 1.807) is 0 Å². The van der Waals surface area contributed by atoms with Gasteiger partial charge in [-0.15, -0.1) is 0 Å². The SMILES string of the molecule is CCCNC(CN(C)CC1CCN(C)CC1)C1CC1. The Kier molecular flexibility index (Phi) is 6.11. The van der Waals surface area contributed by atoms with Gasteiger partial charge in [-0.2, -0.15) is 0 Å². The summed E-state index contributed by atoms with van der Waals surface area (Å²) in [5, 5.41) is 3.76. The van der Waals surface area contributed by atoms with E-state index in [0.29, 0.717) is 0 Å². The third-order valence-corrected chi connectivity index (χ3v) is 4.76. The van der Waals surface area contributed by atoms with Gasteiger partial charge in [0.25, 0.3) is 0 Å². The minimum Gasteiger partial charge on any atom is -0.312 e. The minimum atomic E-state index is 0.746. The molecule has 1 heterocycles. The zero-order valence-corrected chi connectivity index (χ0v) is 13.2. The van der Waals surface area contributed by atoms with Crippen molar-refractivity contribution >= 4 is 0 Å². The molecule has 1 aliphatic heterocycles. The quantitative estimate of drug-likeness (QED) is 0.726. The summed E-state index contributed by atoms with van der Waals surface area (Å²) in [6.45, 7) is 8.57. The summed E-state index contributed by atoms with van der Waals surface area (Å²) in [4.78, 5) is 5.05. The highest BCUT2D eigenvalue weighted by molar-refractivity contribution is 4.88. The van der Waals surface area contributed by atoms with Gasteiger partial charge in [0.1, 0.15) is 0 Å². The van der Waals surface area contributed by atoms with Crippen LogP contribution in [-0.4, -0.2) is 62.7 Å². The molecule has 3 heteroatoms. The van der Waals surface area contributed by atoms with Crippen LogP contribution in [0.2, 0.25) is 0 Å². The van der Waals surface area contributed by atoms with Crippen molar-refractivity contribution in [3.63, 3.8) is 0 Å². The number of hydrogen-bond acceptors (Lipinski definition) is 3. The summed E-state index contributed by atoms with van der Waals surface area (Å²) in [6.07, 6.45) is 6.92. The Morgan fingerprint density at radius 1 is 1.21 bits per heavy atom. The monoisotopic (exact) mass is 267 g/mol. The van der Waals surface area contributed by atoms with Crippen molar-refractivity contribution in [2.75, 3.05) is 46.8 Å². The first-order valence-corrected chi connectivity index (χ1v) is 8.29. The number of nitrogens with zero attached hydrogens (tertiary/aromatic N) is 2. The number of rotatable bonds is 8. The Hall–Kier alpha value is -0.120. The van der Waals surface area contributed by atoms with E-state index in [4.69, 9.17) is 0 Å². The first-order chi connectivity index (χ1) is 9.19. The van der Waals surface area contributed by atoms with Crippen molar-refractivity contribution in [2.24, 2.45) is 11.8 Å². The average molecular weight is 267 g/mol. The van der Waals surface area contributed by atoms with Gasteiger partial charge in [-0.1, -0.05) is 6.92 Å². The van der Waals surface area contributed by atoms with E-state index in [1.165, 1.54) is 64.8 Å². The van der Waals surface area contributed by atoms with E-state index >= 15 is 0 Å². The number of hydrogen-bond donors (Lipinski definition) is 1. The van der Waals surface area contributed by atoms with E-state index in [-0.39, 0.29) is 0 Å². The van der Waals surface area contributed by atoms with Crippen LogP contribution >= 0.6 is 0 Å². The van der Waals surface area contributed by atoms with Crippen LogP contribution in [0.1, 0.15) is 39.0 Å².